The number of fused-ring (bicyclic) bond motifs is 1. The first-order valence-electron chi connectivity index (χ1n) is 9.77. The summed E-state index contributed by atoms with van der Waals surface area (Å²) < 4.78 is 43.2. The van der Waals surface area contributed by atoms with Crippen molar-refractivity contribution in [2.75, 3.05) is 23.3 Å². The lowest BCUT2D eigenvalue weighted by Crippen LogP contribution is -2.20. The molecule has 3 N–H and O–H groups in total. The third-order valence-electron chi connectivity index (χ3n) is 5.34. The molecule has 0 saturated carbocycles. The summed E-state index contributed by atoms with van der Waals surface area (Å²) >= 11 is 0. The van der Waals surface area contributed by atoms with Gasteiger partial charge in [0, 0.05) is 43.0 Å². The minimum atomic E-state index is -1.43. The number of halogens is 3. The SMILES string of the molecule is CC(C)c1cccc(C(C)C)c1N1Cc2c(F)c(F)c(F)c(NCCN)c2C1. The molecule has 0 saturated heterocycles. The molecule has 2 aromatic rings. The molecule has 0 atom stereocenters. The van der Waals surface area contributed by atoms with Crippen molar-refractivity contribution in [2.45, 2.75) is 52.6 Å². The Hall–Kier alpha value is -2.21. The van der Waals surface area contributed by atoms with Crippen LogP contribution in [0.4, 0.5) is 24.5 Å². The van der Waals surface area contributed by atoms with Crippen LogP contribution in [-0.2, 0) is 13.1 Å². The Morgan fingerprint density at radius 1 is 0.929 bits per heavy atom. The van der Waals surface area contributed by atoms with Crippen LogP contribution < -0.4 is 16.0 Å². The summed E-state index contributed by atoms with van der Waals surface area (Å²) in [6.07, 6.45) is 0. The zero-order valence-electron chi connectivity index (χ0n) is 16.9. The molecule has 3 nitrogen and oxygen atoms in total. The molecule has 6 heteroatoms. The van der Waals surface area contributed by atoms with Crippen molar-refractivity contribution in [3.63, 3.8) is 0 Å². The highest BCUT2D eigenvalue weighted by Crippen LogP contribution is 2.42. The van der Waals surface area contributed by atoms with Gasteiger partial charge in [-0.1, -0.05) is 45.9 Å². The van der Waals surface area contributed by atoms with Gasteiger partial charge >= 0.3 is 0 Å². The topological polar surface area (TPSA) is 41.3 Å². The number of hydrogen-bond acceptors (Lipinski definition) is 3. The van der Waals surface area contributed by atoms with E-state index in [0.717, 1.165) is 16.8 Å². The van der Waals surface area contributed by atoms with E-state index in [1.54, 1.807) is 0 Å². The molecule has 0 fully saturated rings. The summed E-state index contributed by atoms with van der Waals surface area (Å²) in [5.74, 6) is -3.16. The van der Waals surface area contributed by atoms with Gasteiger partial charge in [0.05, 0.1) is 5.69 Å². The van der Waals surface area contributed by atoms with Gasteiger partial charge in [0.1, 0.15) is 0 Å². The maximum atomic E-state index is 14.6. The lowest BCUT2D eigenvalue weighted by Gasteiger charge is -2.28. The van der Waals surface area contributed by atoms with E-state index in [1.807, 2.05) is 11.0 Å². The molecule has 1 aliphatic rings. The lowest BCUT2D eigenvalue weighted by atomic mass is 9.92. The smallest absolute Gasteiger partial charge is 0.196 e. The summed E-state index contributed by atoms with van der Waals surface area (Å²) in [7, 11) is 0. The molecule has 3 rings (SSSR count). The number of rotatable bonds is 6. The fraction of sp³-hybridized carbons (Fsp3) is 0.455. The standard InChI is InChI=1S/C22H28F3N3/c1-12(2)14-6-5-7-15(13(3)4)22(14)28-10-16-17(11-28)21(27-9-8-26)20(25)19(24)18(16)23/h5-7,12-13,27H,8-11,26H2,1-4H3. The van der Waals surface area contributed by atoms with Crippen molar-refractivity contribution in [2.24, 2.45) is 5.73 Å². The quantitative estimate of drug-likeness (QED) is 0.662. The van der Waals surface area contributed by atoms with E-state index >= 15 is 0 Å². The van der Waals surface area contributed by atoms with Crippen molar-refractivity contribution < 1.29 is 13.2 Å². The summed E-state index contributed by atoms with van der Waals surface area (Å²) in [5.41, 5.74) is 9.54. The minimum Gasteiger partial charge on any atom is -0.381 e. The van der Waals surface area contributed by atoms with Crippen molar-refractivity contribution in [1.29, 1.82) is 0 Å². The molecular weight excluding hydrogens is 363 g/mol. The van der Waals surface area contributed by atoms with E-state index in [9.17, 15) is 13.2 Å². The highest BCUT2D eigenvalue weighted by atomic mass is 19.2. The second kappa shape index (κ2) is 8.03. The Bertz CT molecular complexity index is 852. The fourth-order valence-electron chi connectivity index (χ4n) is 3.95. The molecule has 0 radical (unpaired) electrons. The third kappa shape index (κ3) is 3.46. The van der Waals surface area contributed by atoms with E-state index in [0.29, 0.717) is 12.1 Å². The Morgan fingerprint density at radius 3 is 2.04 bits per heavy atom. The maximum absolute atomic E-state index is 14.6. The van der Waals surface area contributed by atoms with Gasteiger partial charge in [-0.2, -0.15) is 0 Å². The Balaban J connectivity index is 2.13. The number of para-hydroxylation sites is 1. The van der Waals surface area contributed by atoms with E-state index in [-0.39, 0.29) is 42.7 Å². The van der Waals surface area contributed by atoms with E-state index in [4.69, 9.17) is 5.73 Å². The summed E-state index contributed by atoms with van der Waals surface area (Å²) in [6, 6.07) is 6.17. The molecule has 0 unspecified atom stereocenters. The Morgan fingerprint density at radius 2 is 1.50 bits per heavy atom. The van der Waals surface area contributed by atoms with Crippen molar-refractivity contribution >= 4 is 11.4 Å². The van der Waals surface area contributed by atoms with Gasteiger partial charge in [-0.15, -0.1) is 0 Å². The van der Waals surface area contributed by atoms with Crippen molar-refractivity contribution in [3.8, 4) is 0 Å². The first-order chi connectivity index (χ1) is 13.3. The van der Waals surface area contributed by atoms with Gasteiger partial charge in [-0.05, 0) is 23.0 Å². The second-order valence-corrected chi connectivity index (χ2v) is 7.94. The van der Waals surface area contributed by atoms with Gasteiger partial charge in [0.15, 0.2) is 17.5 Å². The number of nitrogens with zero attached hydrogens (tertiary/aromatic N) is 1. The van der Waals surface area contributed by atoms with Gasteiger partial charge in [-0.3, -0.25) is 0 Å². The maximum Gasteiger partial charge on any atom is 0.196 e. The van der Waals surface area contributed by atoms with Crippen molar-refractivity contribution in [1.82, 2.24) is 0 Å². The zero-order valence-corrected chi connectivity index (χ0v) is 16.9. The first kappa shape index (κ1) is 20.5. The highest BCUT2D eigenvalue weighted by Gasteiger charge is 2.33. The predicted octanol–water partition coefficient (Wildman–Crippen LogP) is 5.24. The molecule has 0 aliphatic carbocycles. The molecule has 1 aliphatic heterocycles. The predicted molar refractivity (Wildman–Crippen MR) is 108 cm³/mol. The van der Waals surface area contributed by atoms with Crippen LogP contribution in [0.15, 0.2) is 18.2 Å². The number of nitrogens with two attached hydrogens (primary N) is 1. The van der Waals surface area contributed by atoms with Gasteiger partial charge in [-0.25, -0.2) is 13.2 Å². The van der Waals surface area contributed by atoms with Crippen LogP contribution in [0.3, 0.4) is 0 Å². The van der Waals surface area contributed by atoms with E-state index < -0.39 is 17.5 Å². The van der Waals surface area contributed by atoms with Crippen LogP contribution in [0, 0.1) is 17.5 Å². The van der Waals surface area contributed by atoms with Crippen LogP contribution in [0.1, 0.15) is 61.8 Å². The molecule has 2 aromatic carbocycles. The monoisotopic (exact) mass is 391 g/mol. The third-order valence-corrected chi connectivity index (χ3v) is 5.34. The van der Waals surface area contributed by atoms with Crippen LogP contribution in [-0.4, -0.2) is 13.1 Å². The minimum absolute atomic E-state index is 0.0231. The average Bonchev–Trinajstić information content (AvgIpc) is 3.10. The summed E-state index contributed by atoms with van der Waals surface area (Å²) in [5, 5.41) is 2.84. The Kier molecular flexibility index (Phi) is 5.89. The summed E-state index contributed by atoms with van der Waals surface area (Å²) in [4.78, 5) is 2.03. The molecule has 28 heavy (non-hydrogen) atoms. The molecule has 0 amide bonds. The second-order valence-electron chi connectivity index (χ2n) is 7.94. The van der Waals surface area contributed by atoms with E-state index in [2.05, 4.69) is 45.1 Å². The number of nitrogens with one attached hydrogen (secondary N) is 1. The first-order valence-corrected chi connectivity index (χ1v) is 9.77. The number of benzene rings is 2. The highest BCUT2D eigenvalue weighted by molar-refractivity contribution is 5.68. The van der Waals surface area contributed by atoms with Crippen molar-refractivity contribution in [3.05, 3.63) is 57.9 Å². The normalized spacial score (nSPS) is 13.6. The van der Waals surface area contributed by atoms with Crippen LogP contribution in [0.5, 0.6) is 0 Å². The van der Waals surface area contributed by atoms with Gasteiger partial charge in [0.2, 0.25) is 0 Å². The zero-order chi connectivity index (χ0) is 20.6. The van der Waals surface area contributed by atoms with Crippen LogP contribution >= 0.6 is 0 Å². The Labute approximate surface area is 164 Å². The average molecular weight is 391 g/mol. The number of anilines is 2. The molecule has 0 aromatic heterocycles. The molecule has 152 valence electrons. The summed E-state index contributed by atoms with van der Waals surface area (Å²) in [6.45, 7) is 9.53. The molecular formula is C22H28F3N3. The molecule has 0 bridgehead atoms. The van der Waals surface area contributed by atoms with Gasteiger partial charge < -0.3 is 16.0 Å². The van der Waals surface area contributed by atoms with Crippen LogP contribution in [0.25, 0.3) is 0 Å². The molecule has 0 spiro atoms. The van der Waals surface area contributed by atoms with Crippen LogP contribution in [0.2, 0.25) is 0 Å². The van der Waals surface area contributed by atoms with Gasteiger partial charge in [0.25, 0.3) is 0 Å². The van der Waals surface area contributed by atoms with E-state index in [1.165, 1.54) is 0 Å². The lowest BCUT2D eigenvalue weighted by molar-refractivity contribution is 0.443. The largest absolute Gasteiger partial charge is 0.381 e. The number of hydrogen-bond donors (Lipinski definition) is 2. The molecule has 1 heterocycles. The fourth-order valence-corrected chi connectivity index (χ4v) is 3.95.